The molecule has 116 valence electrons. The number of piperidine rings is 1. The van der Waals surface area contributed by atoms with Gasteiger partial charge in [0.1, 0.15) is 5.82 Å². The number of pyridine rings is 1. The van der Waals surface area contributed by atoms with E-state index in [4.69, 9.17) is 0 Å². The molecule has 1 saturated carbocycles. The third-order valence-electron chi connectivity index (χ3n) is 5.65. The van der Waals surface area contributed by atoms with Crippen LogP contribution >= 0.6 is 0 Å². The summed E-state index contributed by atoms with van der Waals surface area (Å²) in [5.74, 6) is 1.21. The first-order chi connectivity index (χ1) is 10.3. The van der Waals surface area contributed by atoms with Gasteiger partial charge in [-0.1, -0.05) is 32.8 Å². The number of rotatable bonds is 6. The lowest BCUT2D eigenvalue weighted by molar-refractivity contribution is 0.199. The average molecular weight is 287 g/mol. The highest BCUT2D eigenvalue weighted by molar-refractivity contribution is 5.47. The van der Waals surface area contributed by atoms with Gasteiger partial charge in [0.25, 0.3) is 0 Å². The van der Waals surface area contributed by atoms with Crippen molar-refractivity contribution in [1.29, 1.82) is 0 Å². The molecular formula is C18H29N3. The Bertz CT molecular complexity index is 453. The second-order valence-corrected chi connectivity index (χ2v) is 6.84. The van der Waals surface area contributed by atoms with E-state index in [1.54, 1.807) is 0 Å². The van der Waals surface area contributed by atoms with Crippen molar-refractivity contribution in [3.8, 4) is 0 Å². The number of hydrogen-bond donors (Lipinski definition) is 1. The summed E-state index contributed by atoms with van der Waals surface area (Å²) in [7, 11) is 0. The minimum Gasteiger partial charge on any atom is -0.356 e. The summed E-state index contributed by atoms with van der Waals surface area (Å²) in [6, 6.07) is 5.06. The second-order valence-electron chi connectivity index (χ2n) is 6.84. The Kier molecular flexibility index (Phi) is 4.48. The smallest absolute Gasteiger partial charge is 0.133 e. The fraction of sp³-hybridized carbons (Fsp3) is 0.722. The molecule has 0 aromatic carbocycles. The van der Waals surface area contributed by atoms with Crippen LogP contribution in [0.3, 0.4) is 0 Å². The highest BCUT2D eigenvalue weighted by atomic mass is 15.2. The molecule has 2 fully saturated rings. The zero-order chi connectivity index (χ0) is 14.7. The van der Waals surface area contributed by atoms with Gasteiger partial charge in [0.15, 0.2) is 0 Å². The van der Waals surface area contributed by atoms with E-state index in [0.29, 0.717) is 5.41 Å². The monoisotopic (exact) mass is 287 g/mol. The van der Waals surface area contributed by atoms with Crippen LogP contribution in [0.4, 0.5) is 5.82 Å². The summed E-state index contributed by atoms with van der Waals surface area (Å²) in [5, 5.41) is 3.62. The standard InChI is InChI=1S/C18H29N3/c1-3-18(4-2)9-12-21(13-10-18)17-15(6-5-11-19-17)14-20-16-7-8-16/h5-6,11,16,20H,3-4,7-10,12-14H2,1-2H3. The molecule has 1 N–H and O–H groups in total. The zero-order valence-electron chi connectivity index (χ0n) is 13.6. The molecule has 1 aliphatic carbocycles. The number of nitrogens with one attached hydrogen (secondary N) is 1. The minimum absolute atomic E-state index is 0.581. The molecule has 0 radical (unpaired) electrons. The first kappa shape index (κ1) is 14.8. The van der Waals surface area contributed by atoms with Crippen LogP contribution in [-0.4, -0.2) is 24.1 Å². The predicted molar refractivity (Wildman–Crippen MR) is 88.6 cm³/mol. The Balaban J connectivity index is 1.66. The maximum absolute atomic E-state index is 4.69. The van der Waals surface area contributed by atoms with Gasteiger partial charge >= 0.3 is 0 Å². The molecule has 0 atom stereocenters. The molecule has 21 heavy (non-hydrogen) atoms. The predicted octanol–water partition coefficient (Wildman–Crippen LogP) is 3.74. The summed E-state index contributed by atoms with van der Waals surface area (Å²) in [4.78, 5) is 7.19. The normalized spacial score (nSPS) is 21.5. The molecule has 3 rings (SSSR count). The van der Waals surface area contributed by atoms with E-state index in [1.807, 2.05) is 6.20 Å². The second kappa shape index (κ2) is 6.35. The van der Waals surface area contributed by atoms with Crippen molar-refractivity contribution in [2.75, 3.05) is 18.0 Å². The summed E-state index contributed by atoms with van der Waals surface area (Å²) < 4.78 is 0. The molecule has 0 spiro atoms. The molecular weight excluding hydrogens is 258 g/mol. The van der Waals surface area contributed by atoms with Crippen molar-refractivity contribution >= 4 is 5.82 Å². The van der Waals surface area contributed by atoms with Crippen LogP contribution in [-0.2, 0) is 6.54 Å². The number of hydrogen-bond acceptors (Lipinski definition) is 3. The van der Waals surface area contributed by atoms with Gasteiger partial charge in [-0.3, -0.25) is 0 Å². The van der Waals surface area contributed by atoms with E-state index < -0.39 is 0 Å². The Hall–Kier alpha value is -1.09. The van der Waals surface area contributed by atoms with Gasteiger partial charge in [0.05, 0.1) is 0 Å². The highest BCUT2D eigenvalue weighted by Gasteiger charge is 2.32. The molecule has 3 nitrogen and oxygen atoms in total. The number of nitrogens with zero attached hydrogens (tertiary/aromatic N) is 2. The van der Waals surface area contributed by atoms with Gasteiger partial charge in [-0.15, -0.1) is 0 Å². The topological polar surface area (TPSA) is 28.2 Å². The van der Waals surface area contributed by atoms with E-state index in [-0.39, 0.29) is 0 Å². The molecule has 2 aliphatic rings. The lowest BCUT2D eigenvalue weighted by atomic mass is 9.74. The number of aromatic nitrogens is 1. The van der Waals surface area contributed by atoms with Crippen LogP contribution in [0.25, 0.3) is 0 Å². The van der Waals surface area contributed by atoms with Crippen LogP contribution in [0.2, 0.25) is 0 Å². The van der Waals surface area contributed by atoms with Gasteiger partial charge in [0, 0.05) is 37.4 Å². The third-order valence-corrected chi connectivity index (χ3v) is 5.65. The first-order valence-corrected chi connectivity index (χ1v) is 8.68. The Morgan fingerprint density at radius 3 is 2.57 bits per heavy atom. The quantitative estimate of drug-likeness (QED) is 0.864. The molecule has 1 saturated heterocycles. The van der Waals surface area contributed by atoms with Gasteiger partial charge < -0.3 is 10.2 Å². The molecule has 1 aliphatic heterocycles. The van der Waals surface area contributed by atoms with Gasteiger partial charge in [0.2, 0.25) is 0 Å². The Labute approximate surface area is 129 Å². The van der Waals surface area contributed by atoms with Crippen LogP contribution in [0.15, 0.2) is 18.3 Å². The van der Waals surface area contributed by atoms with E-state index in [1.165, 1.54) is 49.9 Å². The average Bonchev–Trinajstić information content (AvgIpc) is 3.38. The van der Waals surface area contributed by atoms with E-state index >= 15 is 0 Å². The van der Waals surface area contributed by atoms with Crippen LogP contribution in [0.5, 0.6) is 0 Å². The molecule has 1 aromatic rings. The van der Waals surface area contributed by atoms with E-state index in [9.17, 15) is 0 Å². The fourth-order valence-electron chi connectivity index (χ4n) is 3.54. The van der Waals surface area contributed by atoms with Gasteiger partial charge in [-0.25, -0.2) is 4.98 Å². The first-order valence-electron chi connectivity index (χ1n) is 8.68. The maximum Gasteiger partial charge on any atom is 0.133 e. The Morgan fingerprint density at radius 1 is 1.24 bits per heavy atom. The molecule has 3 heteroatoms. The van der Waals surface area contributed by atoms with Crippen LogP contribution in [0, 0.1) is 5.41 Å². The van der Waals surface area contributed by atoms with Crippen molar-refractivity contribution in [1.82, 2.24) is 10.3 Å². The Morgan fingerprint density at radius 2 is 1.95 bits per heavy atom. The van der Waals surface area contributed by atoms with Crippen molar-refractivity contribution in [2.24, 2.45) is 5.41 Å². The van der Waals surface area contributed by atoms with Gasteiger partial charge in [-0.05, 0) is 37.2 Å². The molecule has 2 heterocycles. The van der Waals surface area contributed by atoms with Crippen LogP contribution < -0.4 is 10.2 Å². The van der Waals surface area contributed by atoms with Crippen molar-refractivity contribution in [3.63, 3.8) is 0 Å². The molecule has 0 bridgehead atoms. The highest BCUT2D eigenvalue weighted by Crippen LogP contribution is 2.39. The summed E-state index contributed by atoms with van der Waals surface area (Å²) in [6.45, 7) is 8.00. The van der Waals surface area contributed by atoms with Gasteiger partial charge in [-0.2, -0.15) is 0 Å². The summed E-state index contributed by atoms with van der Waals surface area (Å²) in [6.07, 6.45) is 9.88. The summed E-state index contributed by atoms with van der Waals surface area (Å²) >= 11 is 0. The minimum atomic E-state index is 0.581. The van der Waals surface area contributed by atoms with Crippen LogP contribution in [0.1, 0.15) is 57.9 Å². The van der Waals surface area contributed by atoms with Crippen molar-refractivity contribution in [3.05, 3.63) is 23.9 Å². The molecule has 0 unspecified atom stereocenters. The lowest BCUT2D eigenvalue weighted by Gasteiger charge is -2.42. The summed E-state index contributed by atoms with van der Waals surface area (Å²) in [5.41, 5.74) is 1.95. The lowest BCUT2D eigenvalue weighted by Crippen LogP contribution is -2.40. The van der Waals surface area contributed by atoms with Crippen molar-refractivity contribution < 1.29 is 0 Å². The SMILES string of the molecule is CCC1(CC)CCN(c2ncccc2CNC2CC2)CC1. The third kappa shape index (κ3) is 3.39. The zero-order valence-corrected chi connectivity index (χ0v) is 13.6. The fourth-order valence-corrected chi connectivity index (χ4v) is 3.54. The molecule has 1 aromatic heterocycles. The van der Waals surface area contributed by atoms with Crippen molar-refractivity contribution in [2.45, 2.75) is 65.0 Å². The largest absolute Gasteiger partial charge is 0.356 e. The van der Waals surface area contributed by atoms with E-state index in [0.717, 1.165) is 25.7 Å². The van der Waals surface area contributed by atoms with E-state index in [2.05, 4.69) is 41.2 Å². The number of anilines is 1. The maximum atomic E-state index is 4.69. The molecule has 0 amide bonds.